The second kappa shape index (κ2) is 5.33. The Morgan fingerprint density at radius 2 is 2.00 bits per heavy atom. The van der Waals surface area contributed by atoms with Crippen molar-refractivity contribution in [3.05, 3.63) is 65.0 Å². The highest BCUT2D eigenvalue weighted by Crippen LogP contribution is 2.24. The van der Waals surface area contributed by atoms with Crippen molar-refractivity contribution in [1.82, 2.24) is 4.98 Å². The Hall–Kier alpha value is -1.34. The summed E-state index contributed by atoms with van der Waals surface area (Å²) in [7, 11) is 0. The van der Waals surface area contributed by atoms with Gasteiger partial charge in [-0.05, 0) is 48.6 Å². The molecule has 0 saturated heterocycles. The Labute approximate surface area is 107 Å². The molecule has 88 valence electrons. The first-order valence-electron chi connectivity index (χ1n) is 5.77. The number of nitrogens with zero attached hydrogens (tertiary/aromatic N) is 1. The summed E-state index contributed by atoms with van der Waals surface area (Å²) in [6, 6.07) is 10.4. The third-order valence-corrected chi connectivity index (χ3v) is 3.44. The molecule has 0 aliphatic heterocycles. The van der Waals surface area contributed by atoms with Crippen molar-refractivity contribution in [2.24, 2.45) is 0 Å². The van der Waals surface area contributed by atoms with Gasteiger partial charge in [-0.1, -0.05) is 24.3 Å². The number of benzene rings is 1. The highest BCUT2D eigenvalue weighted by Gasteiger charge is 2.09. The van der Waals surface area contributed by atoms with E-state index < -0.39 is 0 Å². The first-order valence-corrected chi connectivity index (χ1v) is 6.20. The van der Waals surface area contributed by atoms with Gasteiger partial charge in [0.15, 0.2) is 0 Å². The van der Waals surface area contributed by atoms with Crippen molar-refractivity contribution in [2.75, 3.05) is 0 Å². The molecule has 0 radical (unpaired) electrons. The molecule has 1 aromatic heterocycles. The molecule has 1 heterocycles. The number of aryl methyl sites for hydroxylation is 2. The van der Waals surface area contributed by atoms with Crippen molar-refractivity contribution in [1.29, 1.82) is 0 Å². The monoisotopic (exact) mass is 245 g/mol. The van der Waals surface area contributed by atoms with Crippen LogP contribution in [0.2, 0.25) is 0 Å². The van der Waals surface area contributed by atoms with Gasteiger partial charge in [-0.2, -0.15) is 0 Å². The van der Waals surface area contributed by atoms with Crippen molar-refractivity contribution in [2.45, 2.75) is 25.6 Å². The van der Waals surface area contributed by atoms with Gasteiger partial charge < -0.3 is 0 Å². The molecule has 1 nitrogen and oxygen atoms in total. The zero-order chi connectivity index (χ0) is 12.3. The fourth-order valence-electron chi connectivity index (χ4n) is 1.82. The average Bonchev–Trinajstić information content (AvgIpc) is 2.35. The van der Waals surface area contributed by atoms with Gasteiger partial charge in [0, 0.05) is 12.4 Å². The van der Waals surface area contributed by atoms with Crippen molar-refractivity contribution < 1.29 is 0 Å². The maximum atomic E-state index is 6.39. The summed E-state index contributed by atoms with van der Waals surface area (Å²) >= 11 is 6.39. The first kappa shape index (κ1) is 12.1. The maximum absolute atomic E-state index is 6.39. The minimum absolute atomic E-state index is 0.00851. The lowest BCUT2D eigenvalue weighted by Crippen LogP contribution is -1.97. The van der Waals surface area contributed by atoms with Crippen molar-refractivity contribution in [3.8, 4) is 0 Å². The topological polar surface area (TPSA) is 12.9 Å². The van der Waals surface area contributed by atoms with Gasteiger partial charge in [0.05, 0.1) is 5.38 Å². The Morgan fingerprint density at radius 3 is 2.65 bits per heavy atom. The lowest BCUT2D eigenvalue weighted by atomic mass is 10.0. The van der Waals surface area contributed by atoms with Crippen LogP contribution in [0.25, 0.3) is 0 Å². The Balaban J connectivity index is 2.13. The summed E-state index contributed by atoms with van der Waals surface area (Å²) in [6.45, 7) is 4.25. The van der Waals surface area contributed by atoms with Crippen LogP contribution in [0.15, 0.2) is 42.7 Å². The van der Waals surface area contributed by atoms with Crippen molar-refractivity contribution in [3.63, 3.8) is 0 Å². The molecular weight excluding hydrogens is 230 g/mol. The SMILES string of the molecule is Cc1ccc(CC(Cl)c2cccnc2)cc1C. The van der Waals surface area contributed by atoms with Crippen LogP contribution in [0.1, 0.15) is 27.6 Å². The van der Waals surface area contributed by atoms with E-state index in [1.165, 1.54) is 16.7 Å². The van der Waals surface area contributed by atoms with E-state index in [9.17, 15) is 0 Å². The minimum atomic E-state index is -0.00851. The number of halogens is 1. The van der Waals surface area contributed by atoms with E-state index in [4.69, 9.17) is 11.6 Å². The van der Waals surface area contributed by atoms with Crippen LogP contribution >= 0.6 is 11.6 Å². The van der Waals surface area contributed by atoms with E-state index in [2.05, 4.69) is 37.0 Å². The summed E-state index contributed by atoms with van der Waals surface area (Å²) in [5.41, 5.74) is 4.99. The standard InChI is InChI=1S/C15H16ClN/c1-11-5-6-13(8-12(11)2)9-15(16)14-4-3-7-17-10-14/h3-8,10,15H,9H2,1-2H3. The van der Waals surface area contributed by atoms with E-state index in [0.29, 0.717) is 0 Å². The van der Waals surface area contributed by atoms with Crippen LogP contribution in [0, 0.1) is 13.8 Å². The highest BCUT2D eigenvalue weighted by atomic mass is 35.5. The number of aromatic nitrogens is 1. The normalized spacial score (nSPS) is 12.4. The van der Waals surface area contributed by atoms with Gasteiger partial charge in [0.25, 0.3) is 0 Å². The zero-order valence-electron chi connectivity index (χ0n) is 10.2. The zero-order valence-corrected chi connectivity index (χ0v) is 10.9. The molecule has 0 aliphatic rings. The van der Waals surface area contributed by atoms with Crippen LogP contribution in [0.5, 0.6) is 0 Å². The van der Waals surface area contributed by atoms with Gasteiger partial charge in [-0.15, -0.1) is 11.6 Å². The molecular formula is C15H16ClN. The van der Waals surface area contributed by atoms with Gasteiger partial charge >= 0.3 is 0 Å². The predicted octanol–water partition coefficient (Wildman–Crippen LogP) is 4.22. The molecule has 0 spiro atoms. The average molecular weight is 246 g/mol. The molecule has 0 N–H and O–H groups in total. The second-order valence-corrected chi connectivity index (χ2v) is 4.90. The van der Waals surface area contributed by atoms with E-state index in [-0.39, 0.29) is 5.38 Å². The molecule has 17 heavy (non-hydrogen) atoms. The fraction of sp³-hybridized carbons (Fsp3) is 0.267. The molecule has 2 rings (SSSR count). The maximum Gasteiger partial charge on any atom is 0.0640 e. The van der Waals surface area contributed by atoms with Crippen LogP contribution in [0.3, 0.4) is 0 Å². The number of hydrogen-bond donors (Lipinski definition) is 0. The molecule has 0 saturated carbocycles. The van der Waals surface area contributed by atoms with E-state index in [1.54, 1.807) is 6.20 Å². The van der Waals surface area contributed by atoms with E-state index in [1.807, 2.05) is 18.3 Å². The highest BCUT2D eigenvalue weighted by molar-refractivity contribution is 6.20. The summed E-state index contributed by atoms with van der Waals surface area (Å²) in [6.07, 6.45) is 4.44. The smallest absolute Gasteiger partial charge is 0.0640 e. The molecule has 0 amide bonds. The molecule has 0 fully saturated rings. The van der Waals surface area contributed by atoms with Gasteiger partial charge in [0.2, 0.25) is 0 Å². The molecule has 1 aromatic carbocycles. The van der Waals surface area contributed by atoms with Crippen molar-refractivity contribution >= 4 is 11.6 Å². The third kappa shape index (κ3) is 3.07. The van der Waals surface area contributed by atoms with Crippen LogP contribution in [-0.4, -0.2) is 4.98 Å². The molecule has 1 atom stereocenters. The Bertz CT molecular complexity index is 494. The third-order valence-electron chi connectivity index (χ3n) is 3.03. The minimum Gasteiger partial charge on any atom is -0.264 e. The van der Waals surface area contributed by atoms with E-state index >= 15 is 0 Å². The summed E-state index contributed by atoms with van der Waals surface area (Å²) in [5.74, 6) is 0. The second-order valence-electron chi connectivity index (χ2n) is 4.38. The molecule has 2 aromatic rings. The quantitative estimate of drug-likeness (QED) is 0.738. The van der Waals surface area contributed by atoms with Gasteiger partial charge in [-0.25, -0.2) is 0 Å². The summed E-state index contributed by atoms with van der Waals surface area (Å²) < 4.78 is 0. The number of hydrogen-bond acceptors (Lipinski definition) is 1. The Kier molecular flexibility index (Phi) is 3.80. The van der Waals surface area contributed by atoms with E-state index in [0.717, 1.165) is 12.0 Å². The molecule has 0 aliphatic carbocycles. The number of rotatable bonds is 3. The Morgan fingerprint density at radius 1 is 1.18 bits per heavy atom. The lowest BCUT2D eigenvalue weighted by Gasteiger charge is -2.10. The molecule has 0 bridgehead atoms. The number of pyridine rings is 1. The largest absolute Gasteiger partial charge is 0.264 e. The molecule has 1 unspecified atom stereocenters. The first-order chi connectivity index (χ1) is 8.16. The summed E-state index contributed by atoms with van der Waals surface area (Å²) in [4.78, 5) is 4.09. The number of alkyl halides is 1. The van der Waals surface area contributed by atoms with Gasteiger partial charge in [-0.3, -0.25) is 4.98 Å². The lowest BCUT2D eigenvalue weighted by molar-refractivity contribution is 0.908. The van der Waals surface area contributed by atoms with Gasteiger partial charge in [0.1, 0.15) is 0 Å². The van der Waals surface area contributed by atoms with Crippen LogP contribution < -0.4 is 0 Å². The predicted molar refractivity (Wildman–Crippen MR) is 72.5 cm³/mol. The summed E-state index contributed by atoms with van der Waals surface area (Å²) in [5, 5.41) is -0.00851. The van der Waals surface area contributed by atoms with Crippen LogP contribution in [-0.2, 0) is 6.42 Å². The fourth-order valence-corrected chi connectivity index (χ4v) is 2.12. The van der Waals surface area contributed by atoms with Crippen LogP contribution in [0.4, 0.5) is 0 Å². The molecule has 2 heteroatoms.